The van der Waals surface area contributed by atoms with E-state index in [1.807, 2.05) is 12.2 Å². The number of hydrogen-bond acceptors (Lipinski definition) is 3. The van der Waals surface area contributed by atoms with Crippen molar-refractivity contribution in [3.63, 3.8) is 0 Å². The second-order valence-corrected chi connectivity index (χ2v) is 6.56. The molecule has 2 fully saturated rings. The molecule has 2 heterocycles. The molecule has 2 aliphatic heterocycles. The molecule has 2 unspecified atom stereocenters. The Morgan fingerprint density at radius 3 is 2.71 bits per heavy atom. The zero-order valence-corrected chi connectivity index (χ0v) is 9.47. The molecule has 0 aromatic rings. The average molecular weight is 236 g/mol. The minimum atomic E-state index is -2.74. The van der Waals surface area contributed by atoms with Gasteiger partial charge in [-0.25, -0.2) is 8.42 Å². The van der Waals surface area contributed by atoms with Crippen LogP contribution in [-0.2, 0) is 9.84 Å². The largest absolute Gasteiger partial charge is 0.294 e. The van der Waals surface area contributed by atoms with Gasteiger partial charge in [-0.1, -0.05) is 12.2 Å². The van der Waals surface area contributed by atoms with E-state index in [2.05, 4.69) is 4.90 Å². The third kappa shape index (κ3) is 1.83. The summed E-state index contributed by atoms with van der Waals surface area (Å²) >= 11 is 5.51. The molecule has 2 saturated heterocycles. The van der Waals surface area contributed by atoms with E-state index in [0.29, 0.717) is 18.2 Å². The van der Waals surface area contributed by atoms with Crippen LogP contribution in [-0.4, -0.2) is 49.3 Å². The topological polar surface area (TPSA) is 37.4 Å². The number of allylic oxidation sites excluding steroid dienone is 1. The molecule has 0 saturated carbocycles. The molecule has 3 nitrogen and oxygen atoms in total. The number of sulfone groups is 1. The fraction of sp³-hybridized carbons (Fsp3) is 0.778. The van der Waals surface area contributed by atoms with Gasteiger partial charge in [0.15, 0.2) is 9.84 Å². The lowest BCUT2D eigenvalue weighted by Crippen LogP contribution is -2.40. The van der Waals surface area contributed by atoms with Crippen LogP contribution in [0.5, 0.6) is 0 Å². The fourth-order valence-corrected chi connectivity index (χ4v) is 4.49. The molecule has 2 atom stereocenters. The summed E-state index contributed by atoms with van der Waals surface area (Å²) in [6.07, 6.45) is 4.75. The van der Waals surface area contributed by atoms with Gasteiger partial charge in [0.05, 0.1) is 11.0 Å². The molecule has 2 aliphatic rings. The summed E-state index contributed by atoms with van der Waals surface area (Å²) in [5, 5.41) is -0.100. The third-order valence-corrected chi connectivity index (χ3v) is 5.40. The van der Waals surface area contributed by atoms with Gasteiger partial charge in [0.25, 0.3) is 0 Å². The molecule has 0 aromatic carbocycles. The van der Waals surface area contributed by atoms with Gasteiger partial charge in [0, 0.05) is 25.0 Å². The molecule has 0 radical (unpaired) electrons. The van der Waals surface area contributed by atoms with Crippen LogP contribution in [0.2, 0.25) is 0 Å². The van der Waals surface area contributed by atoms with Gasteiger partial charge < -0.3 is 0 Å². The molecule has 2 rings (SSSR count). The second kappa shape index (κ2) is 3.83. The van der Waals surface area contributed by atoms with Crippen molar-refractivity contribution in [2.75, 3.05) is 24.7 Å². The van der Waals surface area contributed by atoms with Crippen molar-refractivity contribution >= 4 is 21.4 Å². The predicted molar refractivity (Wildman–Crippen MR) is 57.4 cm³/mol. The van der Waals surface area contributed by atoms with E-state index in [9.17, 15) is 8.42 Å². The van der Waals surface area contributed by atoms with Crippen LogP contribution in [0.1, 0.15) is 6.42 Å². The van der Waals surface area contributed by atoms with Gasteiger partial charge in [-0.15, -0.1) is 11.6 Å². The summed E-state index contributed by atoms with van der Waals surface area (Å²) < 4.78 is 22.9. The van der Waals surface area contributed by atoms with Crippen LogP contribution >= 0.6 is 11.6 Å². The average Bonchev–Trinajstić information content (AvgIpc) is 2.60. The van der Waals surface area contributed by atoms with E-state index < -0.39 is 9.84 Å². The summed E-state index contributed by atoms with van der Waals surface area (Å²) in [5.41, 5.74) is 0. The molecule has 14 heavy (non-hydrogen) atoms. The third-order valence-electron chi connectivity index (χ3n) is 3.02. The standard InChI is InChI=1S/C9H14ClNO2S/c10-3-1-2-4-11-6-9-5-8(11)7-14(9,12)13/h1-2,8-9H,3-7H2/b2-1+. The first kappa shape index (κ1) is 10.5. The lowest BCUT2D eigenvalue weighted by atomic mass is 10.2. The quantitative estimate of drug-likeness (QED) is 0.533. The van der Waals surface area contributed by atoms with Crippen molar-refractivity contribution in [2.24, 2.45) is 0 Å². The summed E-state index contributed by atoms with van der Waals surface area (Å²) in [5.74, 6) is 0.882. The van der Waals surface area contributed by atoms with Crippen LogP contribution in [0, 0.1) is 0 Å². The van der Waals surface area contributed by atoms with Gasteiger partial charge in [-0.05, 0) is 6.42 Å². The number of likely N-dealkylation sites (tertiary alicyclic amines) is 1. The monoisotopic (exact) mass is 235 g/mol. The maximum Gasteiger partial charge on any atom is 0.156 e. The van der Waals surface area contributed by atoms with Gasteiger partial charge in [0.2, 0.25) is 0 Å². The van der Waals surface area contributed by atoms with E-state index in [1.54, 1.807) is 0 Å². The molecular formula is C9H14ClNO2S. The number of rotatable bonds is 3. The Kier molecular flexibility index (Phi) is 2.86. The normalized spacial score (nSPS) is 35.8. The van der Waals surface area contributed by atoms with Crippen LogP contribution in [0.25, 0.3) is 0 Å². The van der Waals surface area contributed by atoms with Gasteiger partial charge >= 0.3 is 0 Å². The Labute approximate surface area is 89.6 Å². The number of fused-ring (bicyclic) bond motifs is 2. The van der Waals surface area contributed by atoms with Crippen molar-refractivity contribution in [1.82, 2.24) is 4.90 Å². The molecular weight excluding hydrogens is 222 g/mol. The molecule has 0 aromatic heterocycles. The molecule has 0 amide bonds. The minimum Gasteiger partial charge on any atom is -0.294 e. The van der Waals surface area contributed by atoms with E-state index in [0.717, 1.165) is 13.0 Å². The van der Waals surface area contributed by atoms with E-state index >= 15 is 0 Å². The highest BCUT2D eigenvalue weighted by atomic mass is 35.5. The molecule has 0 aliphatic carbocycles. The van der Waals surface area contributed by atoms with Crippen LogP contribution in [0.15, 0.2) is 12.2 Å². The molecule has 80 valence electrons. The van der Waals surface area contributed by atoms with E-state index in [4.69, 9.17) is 11.6 Å². The van der Waals surface area contributed by atoms with Crippen molar-refractivity contribution in [3.05, 3.63) is 12.2 Å². The molecule has 2 bridgehead atoms. The molecule has 0 spiro atoms. The van der Waals surface area contributed by atoms with Crippen molar-refractivity contribution in [1.29, 1.82) is 0 Å². The first-order valence-corrected chi connectivity index (χ1v) is 7.05. The maximum atomic E-state index is 11.4. The highest BCUT2D eigenvalue weighted by Gasteiger charge is 2.47. The number of halogens is 1. The minimum absolute atomic E-state index is 0.100. The smallest absolute Gasteiger partial charge is 0.156 e. The first-order chi connectivity index (χ1) is 6.63. The van der Waals surface area contributed by atoms with Crippen LogP contribution in [0.4, 0.5) is 0 Å². The van der Waals surface area contributed by atoms with Gasteiger partial charge in [-0.3, -0.25) is 4.90 Å². The Morgan fingerprint density at radius 2 is 2.21 bits per heavy atom. The Balaban J connectivity index is 1.94. The van der Waals surface area contributed by atoms with E-state index in [1.165, 1.54) is 0 Å². The van der Waals surface area contributed by atoms with Crippen molar-refractivity contribution in [3.8, 4) is 0 Å². The summed E-state index contributed by atoms with van der Waals surface area (Å²) in [7, 11) is -2.74. The van der Waals surface area contributed by atoms with Gasteiger partial charge in [-0.2, -0.15) is 0 Å². The van der Waals surface area contributed by atoms with Gasteiger partial charge in [0.1, 0.15) is 0 Å². The maximum absolute atomic E-state index is 11.4. The van der Waals surface area contributed by atoms with Crippen molar-refractivity contribution in [2.45, 2.75) is 17.7 Å². The summed E-state index contributed by atoms with van der Waals surface area (Å²) in [4.78, 5) is 2.23. The second-order valence-electron chi connectivity index (χ2n) is 3.92. The Hall–Kier alpha value is -0.0600. The zero-order chi connectivity index (χ0) is 10.2. The lowest BCUT2D eigenvalue weighted by Gasteiger charge is -2.24. The summed E-state index contributed by atoms with van der Waals surface area (Å²) in [6.45, 7) is 1.54. The SMILES string of the molecule is O=S1(=O)CC2CC1CN2C/C=C/CCl. The Morgan fingerprint density at radius 1 is 1.43 bits per heavy atom. The highest BCUT2D eigenvalue weighted by molar-refractivity contribution is 7.92. The number of nitrogens with zero attached hydrogens (tertiary/aromatic N) is 1. The molecule has 5 heteroatoms. The Bertz CT molecular complexity index is 339. The predicted octanol–water partition coefficient (Wildman–Crippen LogP) is 0.653. The fourth-order valence-electron chi connectivity index (χ4n) is 2.27. The van der Waals surface area contributed by atoms with E-state index in [-0.39, 0.29) is 11.3 Å². The highest BCUT2D eigenvalue weighted by Crippen LogP contribution is 2.32. The first-order valence-electron chi connectivity index (χ1n) is 4.80. The number of hydrogen-bond donors (Lipinski definition) is 0. The van der Waals surface area contributed by atoms with Crippen LogP contribution in [0.3, 0.4) is 0 Å². The molecule has 0 N–H and O–H groups in total. The van der Waals surface area contributed by atoms with Crippen LogP contribution < -0.4 is 0 Å². The van der Waals surface area contributed by atoms with Crippen molar-refractivity contribution < 1.29 is 8.42 Å². The zero-order valence-electron chi connectivity index (χ0n) is 7.89. The lowest BCUT2D eigenvalue weighted by molar-refractivity contribution is 0.294. The number of alkyl halides is 1. The summed E-state index contributed by atoms with van der Waals surface area (Å²) in [6, 6.07) is 0.255.